The molecule has 1 aromatic carbocycles. The Kier molecular flexibility index (Phi) is 2.96. The molecule has 0 fully saturated rings. The molecule has 0 aliphatic rings. The second kappa shape index (κ2) is 4.25. The molecule has 1 aromatic heterocycles. The van der Waals surface area contributed by atoms with Crippen molar-refractivity contribution in [2.75, 3.05) is 7.11 Å². The van der Waals surface area contributed by atoms with Gasteiger partial charge in [-0.05, 0) is 0 Å². The third-order valence-electron chi connectivity index (χ3n) is 2.37. The molecule has 76 valence electrons. The maximum absolute atomic E-state index is 9.01. The molecule has 0 N–H and O–H groups in total. The van der Waals surface area contributed by atoms with E-state index in [0.717, 1.165) is 16.6 Å². The first-order valence-corrected chi connectivity index (χ1v) is 6.61. The quantitative estimate of drug-likeness (QED) is 0.715. The molecule has 0 bridgehead atoms. The van der Waals surface area contributed by atoms with Crippen LogP contribution in [0.5, 0.6) is 5.75 Å². The van der Waals surface area contributed by atoms with Crippen LogP contribution in [0.25, 0.3) is 17.0 Å². The van der Waals surface area contributed by atoms with Gasteiger partial charge in [0.25, 0.3) is 0 Å². The van der Waals surface area contributed by atoms with E-state index in [1.54, 1.807) is 19.3 Å². The molecule has 0 aliphatic heterocycles. The SMILES string of the molecule is C=Cc1n[n]([Tl])c2ccc(C#N)c(OC)c12. The summed E-state index contributed by atoms with van der Waals surface area (Å²) in [6, 6.07) is 5.77. The third-order valence-corrected chi connectivity index (χ3v) is 3.90. The molecule has 5 heteroatoms. The summed E-state index contributed by atoms with van der Waals surface area (Å²) in [5, 5.41) is 14.3. The first-order valence-electron chi connectivity index (χ1n) is 4.60. The fraction of sp³-hybridized carbons (Fsp3) is 0.0909. The second-order valence-corrected chi connectivity index (χ2v) is 5.09. The summed E-state index contributed by atoms with van der Waals surface area (Å²) in [6.45, 7) is 3.73. The van der Waals surface area contributed by atoms with Gasteiger partial charge < -0.3 is 0 Å². The van der Waals surface area contributed by atoms with Crippen molar-refractivity contribution in [1.29, 1.82) is 5.26 Å². The first-order chi connectivity index (χ1) is 7.72. The van der Waals surface area contributed by atoms with Crippen LogP contribution < -0.4 is 4.74 Å². The topological polar surface area (TPSA) is 50.8 Å². The molecule has 2 aromatic rings. The van der Waals surface area contributed by atoms with Crippen LogP contribution in [0, 0.1) is 11.3 Å². The third kappa shape index (κ3) is 1.51. The van der Waals surface area contributed by atoms with E-state index in [9.17, 15) is 0 Å². The van der Waals surface area contributed by atoms with Crippen molar-refractivity contribution >= 4 is 43.0 Å². The van der Waals surface area contributed by atoms with Crippen molar-refractivity contribution in [1.82, 2.24) is 7.59 Å². The standard InChI is InChI=1S/C11H8N3O.Tl/c1-3-8-10-9(14-13-8)5-4-7(6-12)11(10)15-2;/h3-5H,1H2,2H3;/q-1;+1. The normalized spacial score (nSPS) is 9.94. The Morgan fingerprint density at radius 3 is 2.94 bits per heavy atom. The molecule has 0 amide bonds. The Morgan fingerprint density at radius 1 is 1.62 bits per heavy atom. The number of nitrogens with zero attached hydrogens (tertiary/aromatic N) is 3. The Balaban J connectivity index is 2.96. The molecule has 0 atom stereocenters. The van der Waals surface area contributed by atoms with Crippen molar-refractivity contribution < 1.29 is 4.74 Å². The molecule has 16 heavy (non-hydrogen) atoms. The van der Waals surface area contributed by atoms with E-state index >= 15 is 0 Å². The number of hydrogen-bond donors (Lipinski definition) is 0. The predicted molar refractivity (Wildman–Crippen MR) is 62.2 cm³/mol. The average molecular weight is 403 g/mol. The average Bonchev–Trinajstić information content (AvgIpc) is 2.65. The summed E-state index contributed by atoms with van der Waals surface area (Å²) in [6.07, 6.45) is 1.69. The van der Waals surface area contributed by atoms with Gasteiger partial charge in [0, 0.05) is 0 Å². The predicted octanol–water partition coefficient (Wildman–Crippen LogP) is 1.49. The fourth-order valence-electron chi connectivity index (χ4n) is 1.67. The van der Waals surface area contributed by atoms with E-state index in [2.05, 4.69) is 17.7 Å². The van der Waals surface area contributed by atoms with Gasteiger partial charge in [0.05, 0.1) is 0 Å². The summed E-state index contributed by atoms with van der Waals surface area (Å²) < 4.78 is 7.21. The Labute approximate surface area is 109 Å². The second-order valence-electron chi connectivity index (χ2n) is 3.19. The van der Waals surface area contributed by atoms with Gasteiger partial charge in [0.2, 0.25) is 0 Å². The van der Waals surface area contributed by atoms with Gasteiger partial charge in [-0.15, -0.1) is 0 Å². The molecule has 0 spiro atoms. The minimum atomic E-state index is 0.524. The fourth-order valence-corrected chi connectivity index (χ4v) is 2.99. The summed E-state index contributed by atoms with van der Waals surface area (Å²) >= 11 is 0.568. The molecular weight excluding hydrogens is 395 g/mol. The van der Waals surface area contributed by atoms with E-state index in [1.807, 2.05) is 8.56 Å². The van der Waals surface area contributed by atoms with Crippen LogP contribution in [0.15, 0.2) is 18.7 Å². The van der Waals surface area contributed by atoms with E-state index in [-0.39, 0.29) is 0 Å². The van der Waals surface area contributed by atoms with Gasteiger partial charge in [0.1, 0.15) is 0 Å². The van der Waals surface area contributed by atoms with E-state index < -0.39 is 0 Å². The number of benzene rings is 1. The van der Waals surface area contributed by atoms with Crippen molar-refractivity contribution in [3.05, 3.63) is 30.0 Å². The van der Waals surface area contributed by atoms with Gasteiger partial charge in [-0.2, -0.15) is 0 Å². The minimum absolute atomic E-state index is 0.524. The zero-order valence-electron chi connectivity index (χ0n) is 8.77. The molecular formula is C11H8N3OTl. The van der Waals surface area contributed by atoms with Crippen LogP contribution in [-0.4, -0.2) is 40.8 Å². The zero-order chi connectivity index (χ0) is 11.7. The monoisotopic (exact) mass is 403 g/mol. The molecule has 0 saturated heterocycles. The van der Waals surface area contributed by atoms with E-state index in [0.29, 0.717) is 37.4 Å². The van der Waals surface area contributed by atoms with Crippen LogP contribution in [0.4, 0.5) is 0 Å². The van der Waals surface area contributed by atoms with Crippen molar-refractivity contribution in [3.8, 4) is 11.8 Å². The zero-order valence-corrected chi connectivity index (χ0v) is 13.3. The molecule has 2 rings (SSSR count). The number of aromatic nitrogens is 2. The van der Waals surface area contributed by atoms with Gasteiger partial charge >= 0.3 is 110 Å². The van der Waals surface area contributed by atoms with E-state index in [1.165, 1.54) is 0 Å². The van der Waals surface area contributed by atoms with Crippen LogP contribution in [0.3, 0.4) is 0 Å². The molecule has 0 aliphatic carbocycles. The summed E-state index contributed by atoms with van der Waals surface area (Å²) in [5.74, 6) is 0.585. The summed E-state index contributed by atoms with van der Waals surface area (Å²) in [5.41, 5.74) is 2.29. The number of fused-ring (bicyclic) bond motifs is 1. The van der Waals surface area contributed by atoms with Crippen LogP contribution in [0.2, 0.25) is 0 Å². The molecule has 0 unspecified atom stereocenters. The summed E-state index contributed by atoms with van der Waals surface area (Å²) in [4.78, 5) is 0. The Bertz CT molecular complexity index is 610. The molecule has 4 nitrogen and oxygen atoms in total. The first kappa shape index (κ1) is 11.1. The van der Waals surface area contributed by atoms with Gasteiger partial charge in [-0.25, -0.2) is 0 Å². The number of methoxy groups -OCH3 is 1. The van der Waals surface area contributed by atoms with E-state index in [4.69, 9.17) is 10.00 Å². The van der Waals surface area contributed by atoms with Gasteiger partial charge in [-0.3, -0.25) is 0 Å². The molecule has 1 heterocycles. The number of rotatable bonds is 2. The van der Waals surface area contributed by atoms with Crippen molar-refractivity contribution in [3.63, 3.8) is 0 Å². The van der Waals surface area contributed by atoms with Gasteiger partial charge in [0.15, 0.2) is 0 Å². The number of nitriles is 1. The maximum atomic E-state index is 9.01. The summed E-state index contributed by atoms with van der Waals surface area (Å²) in [7, 11) is 1.56. The number of hydrogen-bond acceptors (Lipinski definition) is 3. The van der Waals surface area contributed by atoms with Gasteiger partial charge in [-0.1, -0.05) is 0 Å². The van der Waals surface area contributed by atoms with Crippen LogP contribution in [-0.2, 0) is 0 Å². The van der Waals surface area contributed by atoms with Crippen molar-refractivity contribution in [2.45, 2.75) is 0 Å². The Morgan fingerprint density at radius 2 is 2.38 bits per heavy atom. The van der Waals surface area contributed by atoms with Crippen LogP contribution >= 0.6 is 0 Å². The molecule has 0 radical (unpaired) electrons. The number of ether oxygens (including phenoxy) is 1. The Hall–Kier alpha value is -1.36. The molecule has 0 saturated carbocycles. The van der Waals surface area contributed by atoms with Crippen molar-refractivity contribution in [2.24, 2.45) is 0 Å². The van der Waals surface area contributed by atoms with Crippen LogP contribution in [0.1, 0.15) is 11.3 Å².